The molecule has 69 valence electrons. The third kappa shape index (κ3) is 10.5. The average Bonchev–Trinajstić information content (AvgIpc) is 2.02. The zero-order valence-electron chi connectivity index (χ0n) is 7.23. The Labute approximate surface area is 88.7 Å². The lowest BCUT2D eigenvalue weighted by Gasteiger charge is -2.00. The zero-order valence-corrected chi connectivity index (χ0v) is 9.74. The van der Waals surface area contributed by atoms with Gasteiger partial charge in [0.2, 0.25) is 0 Å². The quantitative estimate of drug-likeness (QED) is 0.349. The van der Waals surface area contributed by atoms with Gasteiger partial charge in [-0.25, -0.2) is 0 Å². The van der Waals surface area contributed by atoms with Crippen LogP contribution in [0.25, 0.3) is 0 Å². The van der Waals surface area contributed by atoms with Crippen LogP contribution in [0.5, 0.6) is 0 Å². The number of allylic oxidation sites excluding steroid dienone is 1. The van der Waals surface area contributed by atoms with Crippen LogP contribution >= 0.6 is 23.2 Å². The molecule has 3 radical (unpaired) electrons. The zero-order chi connectivity index (χ0) is 9.23. The topological polar surface area (TPSA) is 0 Å². The van der Waals surface area contributed by atoms with Crippen LogP contribution in [0, 0.1) is 0 Å². The van der Waals surface area contributed by atoms with Crippen molar-refractivity contribution in [1.82, 2.24) is 0 Å². The predicted octanol–water partition coefficient (Wildman–Crippen LogP) is 3.81. The van der Waals surface area contributed by atoms with Crippen molar-refractivity contribution in [3.8, 4) is 0 Å². The number of hydrogen-bond acceptors (Lipinski definition) is 0. The first-order chi connectivity index (χ1) is 5.77. The van der Waals surface area contributed by atoms with Crippen molar-refractivity contribution in [2.75, 3.05) is 0 Å². The van der Waals surface area contributed by atoms with Crippen LogP contribution in [-0.2, 0) is 0 Å². The van der Waals surface area contributed by atoms with Gasteiger partial charge in [-0.3, -0.25) is 0 Å². The van der Waals surface area contributed by atoms with Crippen LogP contribution in [-0.4, -0.2) is 15.1 Å². The molecule has 0 rings (SSSR count). The lowest BCUT2D eigenvalue weighted by Crippen LogP contribution is -1.86. The van der Waals surface area contributed by atoms with Crippen LogP contribution in [0.2, 0.25) is 0 Å². The highest BCUT2D eigenvalue weighted by Gasteiger charge is 1.96. The molecule has 0 nitrogen and oxygen atoms in total. The van der Waals surface area contributed by atoms with E-state index in [2.05, 4.69) is 16.3 Å². The molecule has 0 bridgehead atoms. The van der Waals surface area contributed by atoms with E-state index in [-0.39, 0.29) is 4.84 Å². The molecule has 0 aromatic heterocycles. The van der Waals surface area contributed by atoms with Crippen LogP contribution < -0.4 is 0 Å². The fourth-order valence-electron chi connectivity index (χ4n) is 0.998. The molecule has 0 heterocycles. The van der Waals surface area contributed by atoms with E-state index in [0.29, 0.717) is 0 Å². The van der Waals surface area contributed by atoms with E-state index in [1.807, 2.05) is 5.70 Å². The van der Waals surface area contributed by atoms with Gasteiger partial charge in [-0.1, -0.05) is 25.3 Å². The number of rotatable bonds is 7. The van der Waals surface area contributed by atoms with Crippen LogP contribution in [0.3, 0.4) is 0 Å². The molecule has 0 saturated carbocycles. The standard InChI is InChI=1S/C9H15Cl2Si/c10-9(11)7-5-3-1-2-4-6-8-12/h6,8-9H,1-5,7H2. The summed E-state index contributed by atoms with van der Waals surface area (Å²) in [7, 11) is 3.28. The Hall–Kier alpha value is 0.537. The maximum Gasteiger partial charge on any atom is 0.107 e. The molecule has 0 fully saturated rings. The number of unbranched alkanes of at least 4 members (excludes halogenated alkanes) is 4. The van der Waals surface area contributed by atoms with Gasteiger partial charge < -0.3 is 0 Å². The van der Waals surface area contributed by atoms with Gasteiger partial charge in [0.05, 0.1) is 10.2 Å². The molecule has 0 aromatic rings. The molecular formula is C9H15Cl2Si. The Bertz CT molecular complexity index is 113. The summed E-state index contributed by atoms with van der Waals surface area (Å²) in [5.74, 6) is 0. The Morgan fingerprint density at radius 2 is 1.75 bits per heavy atom. The fraction of sp³-hybridized carbons (Fsp3) is 0.778. The largest absolute Gasteiger partial charge is 0.107 e. The van der Waals surface area contributed by atoms with Gasteiger partial charge in [-0.2, -0.15) is 0 Å². The fourth-order valence-corrected chi connectivity index (χ4v) is 1.47. The highest BCUT2D eigenvalue weighted by Crippen LogP contribution is 2.13. The summed E-state index contributed by atoms with van der Waals surface area (Å²) in [5.41, 5.74) is 1.91. The molecule has 0 aliphatic rings. The van der Waals surface area contributed by atoms with Crippen molar-refractivity contribution in [2.24, 2.45) is 0 Å². The van der Waals surface area contributed by atoms with Gasteiger partial charge in [0, 0.05) is 0 Å². The number of hydrogen-bond donors (Lipinski definition) is 0. The predicted molar refractivity (Wildman–Crippen MR) is 58.1 cm³/mol. The summed E-state index contributed by atoms with van der Waals surface area (Å²) in [4.78, 5) is -0.174. The molecule has 0 saturated heterocycles. The van der Waals surface area contributed by atoms with Crippen molar-refractivity contribution in [3.05, 3.63) is 11.8 Å². The molecule has 0 aromatic carbocycles. The minimum absolute atomic E-state index is 0.174. The second kappa shape index (κ2) is 9.62. The third-order valence-electron chi connectivity index (χ3n) is 1.66. The minimum atomic E-state index is -0.174. The highest BCUT2D eigenvalue weighted by atomic mass is 35.5. The van der Waals surface area contributed by atoms with Crippen molar-refractivity contribution in [2.45, 2.75) is 43.4 Å². The van der Waals surface area contributed by atoms with Crippen molar-refractivity contribution in [1.29, 1.82) is 0 Å². The van der Waals surface area contributed by atoms with Gasteiger partial charge in [0.15, 0.2) is 0 Å². The number of alkyl halides is 2. The van der Waals surface area contributed by atoms with Crippen LogP contribution in [0.1, 0.15) is 38.5 Å². The van der Waals surface area contributed by atoms with Crippen molar-refractivity contribution in [3.63, 3.8) is 0 Å². The summed E-state index contributed by atoms with van der Waals surface area (Å²) in [6.07, 6.45) is 9.14. The first-order valence-electron chi connectivity index (χ1n) is 4.37. The third-order valence-corrected chi connectivity index (χ3v) is 2.33. The number of halogens is 2. The summed E-state index contributed by atoms with van der Waals surface area (Å²) in [6.45, 7) is 0. The molecule has 0 aliphatic carbocycles. The highest BCUT2D eigenvalue weighted by molar-refractivity contribution is 6.44. The van der Waals surface area contributed by atoms with Gasteiger partial charge >= 0.3 is 0 Å². The molecule has 3 heteroatoms. The lowest BCUT2D eigenvalue weighted by atomic mass is 10.1. The van der Waals surface area contributed by atoms with Crippen molar-refractivity contribution < 1.29 is 0 Å². The Balaban J connectivity index is 2.91. The van der Waals surface area contributed by atoms with Crippen LogP contribution in [0.4, 0.5) is 0 Å². The first-order valence-corrected chi connectivity index (χ1v) is 5.83. The molecule has 0 N–H and O–H groups in total. The molecule has 0 amide bonds. The molecule has 12 heavy (non-hydrogen) atoms. The van der Waals surface area contributed by atoms with E-state index in [0.717, 1.165) is 19.3 Å². The van der Waals surface area contributed by atoms with Crippen LogP contribution in [0.15, 0.2) is 11.8 Å². The van der Waals surface area contributed by atoms with Gasteiger partial charge in [0.1, 0.15) is 4.84 Å². The van der Waals surface area contributed by atoms with E-state index < -0.39 is 0 Å². The Morgan fingerprint density at radius 3 is 2.33 bits per heavy atom. The smallest absolute Gasteiger partial charge is 0.106 e. The van der Waals surface area contributed by atoms with Crippen molar-refractivity contribution >= 4 is 33.4 Å². The average molecular weight is 222 g/mol. The van der Waals surface area contributed by atoms with E-state index in [1.165, 1.54) is 19.3 Å². The molecular weight excluding hydrogens is 207 g/mol. The molecule has 0 aliphatic heterocycles. The second-order valence-corrected chi connectivity index (χ2v) is 4.40. The normalized spacial score (nSPS) is 11.7. The first kappa shape index (κ1) is 12.5. The summed E-state index contributed by atoms with van der Waals surface area (Å²) < 4.78 is 0. The summed E-state index contributed by atoms with van der Waals surface area (Å²) in [6, 6.07) is 0. The SMILES string of the molecule is [Si]C=CCCCCCCC(Cl)Cl. The van der Waals surface area contributed by atoms with E-state index in [9.17, 15) is 0 Å². The Morgan fingerprint density at radius 1 is 1.08 bits per heavy atom. The van der Waals surface area contributed by atoms with E-state index >= 15 is 0 Å². The maximum absolute atomic E-state index is 5.59. The van der Waals surface area contributed by atoms with Gasteiger partial charge in [-0.15, -0.1) is 28.9 Å². The lowest BCUT2D eigenvalue weighted by molar-refractivity contribution is 0.632. The summed E-state index contributed by atoms with van der Waals surface area (Å²) in [5, 5.41) is 0. The second-order valence-electron chi connectivity index (χ2n) is 2.79. The van der Waals surface area contributed by atoms with E-state index in [1.54, 1.807) is 0 Å². The minimum Gasteiger partial charge on any atom is -0.106 e. The molecule has 0 atom stereocenters. The molecule has 0 unspecified atom stereocenters. The van der Waals surface area contributed by atoms with E-state index in [4.69, 9.17) is 23.2 Å². The monoisotopic (exact) mass is 221 g/mol. The van der Waals surface area contributed by atoms with Gasteiger partial charge in [-0.05, 0) is 19.3 Å². The van der Waals surface area contributed by atoms with Gasteiger partial charge in [0.25, 0.3) is 0 Å². The molecule has 0 spiro atoms. The summed E-state index contributed by atoms with van der Waals surface area (Å²) >= 11 is 11.2. The Kier molecular flexibility index (Phi) is 10.1. The maximum atomic E-state index is 5.59.